The lowest BCUT2D eigenvalue weighted by molar-refractivity contribution is 0.289. The highest BCUT2D eigenvalue weighted by atomic mass is 16.5. The molecule has 0 aliphatic carbocycles. The Morgan fingerprint density at radius 2 is 2.00 bits per heavy atom. The average Bonchev–Trinajstić information content (AvgIpc) is 3.06. The van der Waals surface area contributed by atoms with Crippen molar-refractivity contribution in [1.29, 1.82) is 0 Å². The van der Waals surface area contributed by atoms with E-state index in [1.165, 1.54) is 16.8 Å². The zero-order chi connectivity index (χ0) is 17.2. The second kappa shape index (κ2) is 6.81. The van der Waals surface area contributed by atoms with Crippen molar-refractivity contribution in [2.45, 2.75) is 26.7 Å². The van der Waals surface area contributed by atoms with Gasteiger partial charge in [-0.3, -0.25) is 10.0 Å². The maximum absolute atomic E-state index is 5.90. The van der Waals surface area contributed by atoms with Crippen molar-refractivity contribution in [2.75, 3.05) is 18.2 Å². The van der Waals surface area contributed by atoms with Gasteiger partial charge < -0.3 is 4.74 Å². The molecule has 0 spiro atoms. The predicted octanol–water partition coefficient (Wildman–Crippen LogP) is 4.21. The summed E-state index contributed by atoms with van der Waals surface area (Å²) in [5, 5.41) is 4.29. The van der Waals surface area contributed by atoms with Crippen LogP contribution < -0.4 is 15.3 Å². The third kappa shape index (κ3) is 3.35. The van der Waals surface area contributed by atoms with Crippen molar-refractivity contribution in [1.82, 2.24) is 10.5 Å². The third-order valence-corrected chi connectivity index (χ3v) is 4.73. The quantitative estimate of drug-likeness (QED) is 0.886. The van der Waals surface area contributed by atoms with Gasteiger partial charge in [0.05, 0.1) is 18.0 Å². The SMILES string of the molecule is CC(C)CCOc1cccc(N2C=C3c4ccccc4CCN3N2)c1. The Hall–Kier alpha value is -2.46. The molecule has 4 heteroatoms. The maximum Gasteiger partial charge on any atom is 0.121 e. The number of rotatable bonds is 5. The summed E-state index contributed by atoms with van der Waals surface area (Å²) >= 11 is 0. The van der Waals surface area contributed by atoms with Gasteiger partial charge in [0, 0.05) is 24.4 Å². The van der Waals surface area contributed by atoms with Crippen molar-refractivity contribution in [3.63, 3.8) is 0 Å². The molecule has 0 unspecified atom stereocenters. The molecule has 25 heavy (non-hydrogen) atoms. The summed E-state index contributed by atoms with van der Waals surface area (Å²) in [5.41, 5.74) is 8.51. The van der Waals surface area contributed by atoms with Crippen LogP contribution in [0.25, 0.3) is 5.70 Å². The van der Waals surface area contributed by atoms with E-state index in [2.05, 4.69) is 72.0 Å². The van der Waals surface area contributed by atoms with Gasteiger partial charge in [-0.15, -0.1) is 5.53 Å². The summed E-state index contributed by atoms with van der Waals surface area (Å²) < 4.78 is 5.90. The highest BCUT2D eigenvalue weighted by molar-refractivity contribution is 5.73. The van der Waals surface area contributed by atoms with E-state index >= 15 is 0 Å². The summed E-state index contributed by atoms with van der Waals surface area (Å²) in [6.45, 7) is 6.17. The van der Waals surface area contributed by atoms with Crippen molar-refractivity contribution in [3.05, 3.63) is 65.9 Å². The monoisotopic (exact) mass is 335 g/mol. The molecule has 1 N–H and O–H groups in total. The lowest BCUT2D eigenvalue weighted by atomic mass is 9.98. The van der Waals surface area contributed by atoms with Gasteiger partial charge in [0.15, 0.2) is 0 Å². The van der Waals surface area contributed by atoms with Crippen LogP contribution in [0.15, 0.2) is 54.7 Å². The van der Waals surface area contributed by atoms with Crippen LogP contribution in [-0.4, -0.2) is 18.2 Å². The number of benzene rings is 2. The van der Waals surface area contributed by atoms with Gasteiger partial charge in [0.1, 0.15) is 5.75 Å². The first kappa shape index (κ1) is 16.0. The second-order valence-electron chi connectivity index (χ2n) is 7.07. The Morgan fingerprint density at radius 1 is 1.12 bits per heavy atom. The van der Waals surface area contributed by atoms with Gasteiger partial charge in [-0.25, -0.2) is 0 Å². The van der Waals surface area contributed by atoms with Gasteiger partial charge in [-0.05, 0) is 36.5 Å². The summed E-state index contributed by atoms with van der Waals surface area (Å²) in [6, 6.07) is 16.9. The van der Waals surface area contributed by atoms with Crippen LogP contribution in [0, 0.1) is 5.92 Å². The first-order chi connectivity index (χ1) is 12.2. The first-order valence-corrected chi connectivity index (χ1v) is 9.07. The van der Waals surface area contributed by atoms with Crippen LogP contribution in [0.1, 0.15) is 31.4 Å². The Morgan fingerprint density at radius 3 is 2.88 bits per heavy atom. The first-order valence-electron chi connectivity index (χ1n) is 9.07. The Kier molecular flexibility index (Phi) is 4.36. The molecule has 0 atom stereocenters. The van der Waals surface area contributed by atoms with Crippen molar-refractivity contribution < 1.29 is 4.74 Å². The van der Waals surface area contributed by atoms with Crippen molar-refractivity contribution in [2.24, 2.45) is 5.92 Å². The van der Waals surface area contributed by atoms with Crippen LogP contribution in [0.4, 0.5) is 5.69 Å². The van der Waals surface area contributed by atoms with E-state index in [0.717, 1.165) is 37.4 Å². The van der Waals surface area contributed by atoms with Gasteiger partial charge in [0.25, 0.3) is 0 Å². The van der Waals surface area contributed by atoms with E-state index < -0.39 is 0 Å². The van der Waals surface area contributed by atoms with Gasteiger partial charge in [-0.2, -0.15) is 0 Å². The molecular formula is C21H25N3O. The zero-order valence-corrected chi connectivity index (χ0v) is 14.9. The molecule has 130 valence electrons. The topological polar surface area (TPSA) is 27.7 Å². The van der Waals surface area contributed by atoms with Crippen LogP contribution in [0.3, 0.4) is 0 Å². The number of anilines is 1. The van der Waals surface area contributed by atoms with Crippen LogP contribution >= 0.6 is 0 Å². The minimum atomic E-state index is 0.657. The predicted molar refractivity (Wildman–Crippen MR) is 102 cm³/mol. The molecule has 0 radical (unpaired) electrons. The number of hydrogen-bond acceptors (Lipinski definition) is 4. The fourth-order valence-electron chi connectivity index (χ4n) is 3.28. The summed E-state index contributed by atoms with van der Waals surface area (Å²) in [7, 11) is 0. The van der Waals surface area contributed by atoms with Crippen molar-refractivity contribution in [3.8, 4) is 5.75 Å². The van der Waals surface area contributed by atoms with Crippen LogP contribution in [0.5, 0.6) is 5.75 Å². The summed E-state index contributed by atoms with van der Waals surface area (Å²) in [5.74, 6) is 1.58. The number of nitrogens with zero attached hydrogens (tertiary/aromatic N) is 2. The summed E-state index contributed by atoms with van der Waals surface area (Å²) in [6.07, 6.45) is 4.30. The molecule has 4 nitrogen and oxygen atoms in total. The van der Waals surface area contributed by atoms with Crippen molar-refractivity contribution >= 4 is 11.4 Å². The minimum Gasteiger partial charge on any atom is -0.494 e. The lowest BCUT2D eigenvalue weighted by Crippen LogP contribution is -2.42. The molecule has 2 aliphatic rings. The van der Waals surface area contributed by atoms with E-state index in [4.69, 9.17) is 4.74 Å². The molecule has 0 bridgehead atoms. The smallest absolute Gasteiger partial charge is 0.121 e. The molecule has 4 rings (SSSR count). The number of ether oxygens (including phenoxy) is 1. The van der Waals surface area contributed by atoms with Gasteiger partial charge in [0.2, 0.25) is 0 Å². The molecule has 0 amide bonds. The normalized spacial score (nSPS) is 15.9. The second-order valence-corrected chi connectivity index (χ2v) is 7.07. The van der Waals surface area contributed by atoms with Gasteiger partial charge >= 0.3 is 0 Å². The number of fused-ring (bicyclic) bond motifs is 3. The van der Waals surface area contributed by atoms with Crippen LogP contribution in [0.2, 0.25) is 0 Å². The molecule has 2 heterocycles. The van der Waals surface area contributed by atoms with E-state index in [0.29, 0.717) is 5.92 Å². The third-order valence-electron chi connectivity index (χ3n) is 4.73. The Bertz CT molecular complexity index is 784. The van der Waals surface area contributed by atoms with E-state index in [9.17, 15) is 0 Å². The minimum absolute atomic E-state index is 0.657. The molecule has 2 aromatic rings. The zero-order valence-electron chi connectivity index (χ0n) is 14.9. The number of hydrogen-bond donors (Lipinski definition) is 1. The fourth-order valence-corrected chi connectivity index (χ4v) is 3.28. The van der Waals surface area contributed by atoms with Gasteiger partial charge in [-0.1, -0.05) is 44.2 Å². The molecule has 0 saturated carbocycles. The average molecular weight is 335 g/mol. The van der Waals surface area contributed by atoms with E-state index in [-0.39, 0.29) is 0 Å². The fraction of sp³-hybridized carbons (Fsp3) is 0.333. The lowest BCUT2D eigenvalue weighted by Gasteiger charge is -2.29. The highest BCUT2D eigenvalue weighted by Crippen LogP contribution is 2.33. The standard InChI is InChI=1S/C21H25N3O/c1-16(2)11-13-25-19-8-5-7-18(14-19)24-15-21-20-9-4-3-6-17(20)10-12-23(21)22-24/h3-9,14-16,22H,10-13H2,1-2H3. The molecule has 0 saturated heterocycles. The molecule has 2 aliphatic heterocycles. The Labute approximate surface area is 149 Å². The Balaban J connectivity index is 1.53. The summed E-state index contributed by atoms with van der Waals surface area (Å²) in [4.78, 5) is 0. The number of nitrogens with one attached hydrogen (secondary N) is 1. The largest absolute Gasteiger partial charge is 0.494 e. The van der Waals surface area contributed by atoms with E-state index in [1.54, 1.807) is 0 Å². The number of hydrazine groups is 2. The van der Waals surface area contributed by atoms with Crippen LogP contribution in [-0.2, 0) is 6.42 Å². The highest BCUT2D eigenvalue weighted by Gasteiger charge is 2.27. The van der Waals surface area contributed by atoms with E-state index in [1.807, 2.05) is 12.1 Å². The molecule has 0 aromatic heterocycles. The molecule has 0 fully saturated rings. The maximum atomic E-state index is 5.90. The molecule has 2 aromatic carbocycles. The molecular weight excluding hydrogens is 310 g/mol.